The summed E-state index contributed by atoms with van der Waals surface area (Å²) in [7, 11) is 0. The second-order valence-corrected chi connectivity index (χ2v) is 12.6. The summed E-state index contributed by atoms with van der Waals surface area (Å²) in [5.41, 5.74) is 4.92. The van der Waals surface area contributed by atoms with Gasteiger partial charge in [-0.3, -0.25) is 4.90 Å². The van der Waals surface area contributed by atoms with Crippen LogP contribution < -0.4 is 4.74 Å². The van der Waals surface area contributed by atoms with Crippen molar-refractivity contribution < 1.29 is 20.1 Å². The molecule has 39 heavy (non-hydrogen) atoms. The third-order valence-electron chi connectivity index (χ3n) is 10.6. The normalized spacial score (nSPS) is 30.2. The van der Waals surface area contributed by atoms with Crippen LogP contribution in [0.5, 0.6) is 17.2 Å². The molecule has 1 aromatic heterocycles. The standard InChI is InChI=1S/C33H32N2O4/c36-22-9-10-25-23(15-22)24-16-33(38)27-14-21-8-11-26(37)30-28(21)32(33,12-13-34(27)17-20-6-7-20)31(39-30)29(24)35(25)18-19-4-2-1-3-5-19/h1-5,8-11,15,20,27,31,36-38H,6-7,12-14,16-18H2/t27-,31-,32-,33+/m0/s1. The quantitative estimate of drug-likeness (QED) is 0.360. The minimum Gasteiger partial charge on any atom is -0.508 e. The lowest BCUT2D eigenvalue weighted by molar-refractivity contribution is -0.173. The zero-order chi connectivity index (χ0) is 26.1. The number of phenols is 2. The molecular weight excluding hydrogens is 488 g/mol. The first-order valence-electron chi connectivity index (χ1n) is 14.3. The van der Waals surface area contributed by atoms with Crippen molar-refractivity contribution in [2.24, 2.45) is 5.92 Å². The van der Waals surface area contributed by atoms with Crippen LogP contribution in [0.4, 0.5) is 0 Å². The molecule has 2 fully saturated rings. The van der Waals surface area contributed by atoms with Crippen molar-refractivity contribution in [1.29, 1.82) is 0 Å². The van der Waals surface area contributed by atoms with Crippen molar-refractivity contribution in [1.82, 2.24) is 9.47 Å². The molecular formula is C33H32N2O4. The van der Waals surface area contributed by atoms with E-state index in [-0.39, 0.29) is 17.5 Å². The highest BCUT2D eigenvalue weighted by Crippen LogP contribution is 2.69. The summed E-state index contributed by atoms with van der Waals surface area (Å²) in [5.74, 6) is 1.67. The smallest absolute Gasteiger partial charge is 0.166 e. The summed E-state index contributed by atoms with van der Waals surface area (Å²) >= 11 is 0. The Bertz CT molecular complexity index is 1670. The lowest BCUT2D eigenvalue weighted by Gasteiger charge is -2.63. The van der Waals surface area contributed by atoms with Gasteiger partial charge in [-0.1, -0.05) is 36.4 Å². The summed E-state index contributed by atoms with van der Waals surface area (Å²) in [5, 5.41) is 35.7. The topological polar surface area (TPSA) is 78.1 Å². The van der Waals surface area contributed by atoms with Crippen LogP contribution in [-0.2, 0) is 24.8 Å². The highest BCUT2D eigenvalue weighted by atomic mass is 16.5. The Kier molecular flexibility index (Phi) is 4.23. The molecule has 4 atom stereocenters. The van der Waals surface area contributed by atoms with Crippen LogP contribution in [-0.4, -0.2) is 49.5 Å². The number of nitrogens with zero attached hydrogens (tertiary/aromatic N) is 2. The number of rotatable bonds is 4. The Labute approximate surface area is 227 Å². The first kappa shape index (κ1) is 22.3. The van der Waals surface area contributed by atoms with Crippen LogP contribution in [0.1, 0.15) is 53.3 Å². The van der Waals surface area contributed by atoms with Gasteiger partial charge in [0.25, 0.3) is 0 Å². The number of aromatic nitrogens is 1. The predicted molar refractivity (Wildman–Crippen MR) is 147 cm³/mol. The summed E-state index contributed by atoms with van der Waals surface area (Å²) in [4.78, 5) is 2.55. The van der Waals surface area contributed by atoms with E-state index >= 15 is 0 Å². The van der Waals surface area contributed by atoms with E-state index in [0.29, 0.717) is 18.7 Å². The summed E-state index contributed by atoms with van der Waals surface area (Å²) in [6, 6.07) is 19.8. The molecule has 3 N–H and O–H groups in total. The van der Waals surface area contributed by atoms with E-state index < -0.39 is 17.1 Å². The molecule has 2 bridgehead atoms. The molecule has 9 rings (SSSR count). The van der Waals surface area contributed by atoms with E-state index in [1.807, 2.05) is 18.2 Å². The van der Waals surface area contributed by atoms with Gasteiger partial charge in [-0.15, -0.1) is 0 Å². The first-order valence-corrected chi connectivity index (χ1v) is 14.3. The molecule has 198 valence electrons. The number of aromatic hydroxyl groups is 2. The lowest BCUT2D eigenvalue weighted by atomic mass is 9.49. The maximum atomic E-state index is 13.1. The molecule has 2 aliphatic heterocycles. The molecule has 3 heterocycles. The van der Waals surface area contributed by atoms with Gasteiger partial charge in [0.1, 0.15) is 5.75 Å². The third-order valence-corrected chi connectivity index (χ3v) is 10.6. The second-order valence-electron chi connectivity index (χ2n) is 12.6. The Morgan fingerprint density at radius 3 is 2.67 bits per heavy atom. The van der Waals surface area contributed by atoms with Crippen molar-refractivity contribution >= 4 is 10.9 Å². The van der Waals surface area contributed by atoms with E-state index in [1.54, 1.807) is 12.1 Å². The van der Waals surface area contributed by atoms with E-state index in [2.05, 4.69) is 39.8 Å². The SMILES string of the molecule is Oc1ccc2c(c1)c1c(n2Cc2ccccc2)[C@@H]2Oc3c(O)ccc4c3[C@@]23CCN(CC2CC2)[C@@H](C4)[C@]3(O)C1. The number of phenolic OH excluding ortho intramolecular Hbond substituents is 2. The van der Waals surface area contributed by atoms with Crippen molar-refractivity contribution in [3.05, 3.63) is 88.6 Å². The van der Waals surface area contributed by atoms with Gasteiger partial charge in [-0.2, -0.15) is 0 Å². The van der Waals surface area contributed by atoms with E-state index in [1.165, 1.54) is 24.0 Å². The molecule has 0 amide bonds. The monoisotopic (exact) mass is 520 g/mol. The zero-order valence-electron chi connectivity index (χ0n) is 21.8. The Hall–Kier alpha value is -3.48. The van der Waals surface area contributed by atoms with Crippen LogP contribution in [0.2, 0.25) is 0 Å². The third kappa shape index (κ3) is 2.74. The van der Waals surface area contributed by atoms with Gasteiger partial charge >= 0.3 is 0 Å². The Morgan fingerprint density at radius 1 is 1.00 bits per heavy atom. The zero-order valence-corrected chi connectivity index (χ0v) is 21.8. The lowest BCUT2D eigenvalue weighted by Crippen LogP contribution is -2.74. The number of aliphatic hydroxyl groups is 1. The number of hydrogen-bond acceptors (Lipinski definition) is 5. The summed E-state index contributed by atoms with van der Waals surface area (Å²) in [6.45, 7) is 2.63. The number of fused-ring (bicyclic) bond motifs is 4. The van der Waals surface area contributed by atoms with Crippen LogP contribution in [0.15, 0.2) is 60.7 Å². The van der Waals surface area contributed by atoms with Crippen LogP contribution >= 0.6 is 0 Å². The van der Waals surface area contributed by atoms with Gasteiger partial charge in [0.2, 0.25) is 0 Å². The molecule has 0 unspecified atom stereocenters. The number of ether oxygens (including phenoxy) is 1. The number of likely N-dealkylation sites (tertiary alicyclic amines) is 1. The number of hydrogen-bond donors (Lipinski definition) is 3. The number of piperidine rings is 1. The Morgan fingerprint density at radius 2 is 1.85 bits per heavy atom. The average molecular weight is 521 g/mol. The fraction of sp³-hybridized carbons (Fsp3) is 0.394. The minimum absolute atomic E-state index is 0.0149. The van der Waals surface area contributed by atoms with Gasteiger partial charge in [0.15, 0.2) is 17.6 Å². The molecule has 3 aliphatic carbocycles. The van der Waals surface area contributed by atoms with Crippen LogP contribution in [0.3, 0.4) is 0 Å². The largest absolute Gasteiger partial charge is 0.508 e. The second kappa shape index (κ2) is 7.38. The van der Waals surface area contributed by atoms with Gasteiger partial charge in [-0.25, -0.2) is 0 Å². The van der Waals surface area contributed by atoms with Gasteiger partial charge < -0.3 is 24.6 Å². The first-order chi connectivity index (χ1) is 19.0. The molecule has 1 saturated carbocycles. The molecule has 6 nitrogen and oxygen atoms in total. The molecule has 1 saturated heterocycles. The van der Waals surface area contributed by atoms with Gasteiger partial charge in [0.05, 0.1) is 16.7 Å². The molecule has 0 radical (unpaired) electrons. The Balaban J connectivity index is 1.33. The van der Waals surface area contributed by atoms with Crippen molar-refractivity contribution in [2.45, 2.75) is 61.8 Å². The number of benzene rings is 3. The highest BCUT2D eigenvalue weighted by Gasteiger charge is 2.73. The predicted octanol–water partition coefficient (Wildman–Crippen LogP) is 4.80. The summed E-state index contributed by atoms with van der Waals surface area (Å²) in [6.07, 6.45) is 4.19. The van der Waals surface area contributed by atoms with Crippen LogP contribution in [0.25, 0.3) is 10.9 Å². The highest BCUT2D eigenvalue weighted by molar-refractivity contribution is 5.88. The molecule has 5 aliphatic rings. The fourth-order valence-electron chi connectivity index (χ4n) is 8.78. The fourth-order valence-corrected chi connectivity index (χ4v) is 8.78. The van der Waals surface area contributed by atoms with E-state index in [9.17, 15) is 15.3 Å². The van der Waals surface area contributed by atoms with E-state index in [0.717, 1.165) is 59.6 Å². The maximum Gasteiger partial charge on any atom is 0.166 e. The van der Waals surface area contributed by atoms with Crippen molar-refractivity contribution in [3.8, 4) is 17.2 Å². The van der Waals surface area contributed by atoms with Crippen LogP contribution in [0, 0.1) is 5.92 Å². The molecule has 4 aromatic rings. The van der Waals surface area contributed by atoms with Crippen molar-refractivity contribution in [3.63, 3.8) is 0 Å². The maximum absolute atomic E-state index is 13.1. The molecule has 1 spiro atoms. The van der Waals surface area contributed by atoms with Gasteiger partial charge in [-0.05, 0) is 79.1 Å². The average Bonchev–Trinajstić information content (AvgIpc) is 3.61. The summed E-state index contributed by atoms with van der Waals surface area (Å²) < 4.78 is 9.19. The minimum atomic E-state index is -1.04. The molecule has 3 aromatic carbocycles. The van der Waals surface area contributed by atoms with Gasteiger partial charge in [0, 0.05) is 42.0 Å². The van der Waals surface area contributed by atoms with Crippen molar-refractivity contribution in [2.75, 3.05) is 13.1 Å². The van der Waals surface area contributed by atoms with E-state index in [4.69, 9.17) is 4.74 Å². The molecule has 6 heteroatoms.